The van der Waals surface area contributed by atoms with Crippen LogP contribution in [0.25, 0.3) is 0 Å². The first kappa shape index (κ1) is 21.9. The Kier molecular flexibility index (Phi) is 6.98. The quantitative estimate of drug-likeness (QED) is 0.710. The third kappa shape index (κ3) is 6.95. The van der Waals surface area contributed by atoms with Crippen LogP contribution in [0.1, 0.15) is 42.3 Å². The number of rotatable bonds is 5. The van der Waals surface area contributed by atoms with E-state index in [-0.39, 0.29) is 18.4 Å². The lowest BCUT2D eigenvalue weighted by molar-refractivity contribution is -0.115. The number of amides is 3. The molecule has 3 N–H and O–H groups in total. The summed E-state index contributed by atoms with van der Waals surface area (Å²) in [7, 11) is 0. The Morgan fingerprint density at radius 1 is 0.897 bits per heavy atom. The fourth-order valence-electron chi connectivity index (χ4n) is 2.58. The average Bonchev–Trinajstić information content (AvgIpc) is 2.62. The minimum absolute atomic E-state index is 0.148. The molecule has 3 amide bonds. The van der Waals surface area contributed by atoms with Crippen LogP contribution < -0.4 is 16.0 Å². The van der Waals surface area contributed by atoms with Crippen LogP contribution in [-0.4, -0.2) is 30.1 Å². The van der Waals surface area contributed by atoms with Gasteiger partial charge in [0.1, 0.15) is 5.60 Å². The van der Waals surface area contributed by atoms with Crippen LogP contribution in [0.4, 0.5) is 16.2 Å². The topological polar surface area (TPSA) is 96.5 Å². The van der Waals surface area contributed by atoms with Gasteiger partial charge in [-0.15, -0.1) is 0 Å². The maximum atomic E-state index is 12.3. The summed E-state index contributed by atoms with van der Waals surface area (Å²) in [4.78, 5) is 36.2. The molecule has 29 heavy (non-hydrogen) atoms. The molecular formula is C22H27N3O4. The van der Waals surface area contributed by atoms with Crippen LogP contribution in [0.2, 0.25) is 0 Å². The van der Waals surface area contributed by atoms with Crippen LogP contribution in [0.3, 0.4) is 0 Å². The number of nitrogens with one attached hydrogen (secondary N) is 3. The van der Waals surface area contributed by atoms with Crippen molar-refractivity contribution in [3.8, 4) is 0 Å². The SMILES string of the molecule is Cc1cccc(C)c1NC(=O)CNC(=O)c1ccc(NC(=O)OC(C)(C)C)cc1. The largest absolute Gasteiger partial charge is 0.444 e. The maximum Gasteiger partial charge on any atom is 0.412 e. The van der Waals surface area contributed by atoms with E-state index in [1.165, 1.54) is 0 Å². The van der Waals surface area contributed by atoms with Gasteiger partial charge in [0, 0.05) is 16.9 Å². The van der Waals surface area contributed by atoms with Crippen LogP contribution in [0.15, 0.2) is 42.5 Å². The molecule has 154 valence electrons. The molecule has 7 nitrogen and oxygen atoms in total. The third-order valence-electron chi connectivity index (χ3n) is 3.95. The molecule has 0 bridgehead atoms. The van der Waals surface area contributed by atoms with Gasteiger partial charge in [-0.1, -0.05) is 18.2 Å². The van der Waals surface area contributed by atoms with Crippen molar-refractivity contribution in [3.05, 3.63) is 59.2 Å². The highest BCUT2D eigenvalue weighted by atomic mass is 16.6. The smallest absolute Gasteiger partial charge is 0.412 e. The highest BCUT2D eigenvalue weighted by Crippen LogP contribution is 2.19. The van der Waals surface area contributed by atoms with Gasteiger partial charge in [-0.05, 0) is 70.0 Å². The minimum atomic E-state index is -0.596. The summed E-state index contributed by atoms with van der Waals surface area (Å²) in [6, 6.07) is 12.0. The predicted molar refractivity (Wildman–Crippen MR) is 113 cm³/mol. The summed E-state index contributed by atoms with van der Waals surface area (Å²) in [5, 5.41) is 8.00. The molecule has 2 aromatic rings. The molecule has 0 fully saturated rings. The molecule has 0 radical (unpaired) electrons. The summed E-state index contributed by atoms with van der Waals surface area (Å²) in [5.74, 6) is -0.690. The monoisotopic (exact) mass is 397 g/mol. The highest BCUT2D eigenvalue weighted by molar-refractivity contribution is 6.00. The fourth-order valence-corrected chi connectivity index (χ4v) is 2.58. The summed E-state index contributed by atoms with van der Waals surface area (Å²) in [6.45, 7) is 9.00. The van der Waals surface area contributed by atoms with Crippen molar-refractivity contribution < 1.29 is 19.1 Å². The Labute approximate surface area is 170 Å². The Hall–Kier alpha value is -3.35. The molecule has 0 atom stereocenters. The van der Waals surface area contributed by atoms with Crippen molar-refractivity contribution in [1.82, 2.24) is 5.32 Å². The maximum absolute atomic E-state index is 12.3. The number of hydrogen-bond donors (Lipinski definition) is 3. The highest BCUT2D eigenvalue weighted by Gasteiger charge is 2.16. The van der Waals surface area contributed by atoms with E-state index in [9.17, 15) is 14.4 Å². The van der Waals surface area contributed by atoms with Gasteiger partial charge in [-0.3, -0.25) is 14.9 Å². The van der Waals surface area contributed by atoms with E-state index < -0.39 is 11.7 Å². The molecule has 0 heterocycles. The van der Waals surface area contributed by atoms with Crippen molar-refractivity contribution in [2.45, 2.75) is 40.2 Å². The molecule has 0 saturated carbocycles. The summed E-state index contributed by atoms with van der Waals surface area (Å²) < 4.78 is 5.18. The second-order valence-corrected chi connectivity index (χ2v) is 7.70. The van der Waals surface area contributed by atoms with Gasteiger partial charge in [0.25, 0.3) is 5.91 Å². The molecule has 0 saturated heterocycles. The number of aryl methyl sites for hydroxylation is 2. The first-order valence-corrected chi connectivity index (χ1v) is 9.29. The van der Waals surface area contributed by atoms with Crippen molar-refractivity contribution >= 4 is 29.3 Å². The normalized spacial score (nSPS) is 10.8. The Balaban J connectivity index is 1.87. The zero-order chi connectivity index (χ0) is 21.6. The number of anilines is 2. The lowest BCUT2D eigenvalue weighted by atomic mass is 10.1. The van der Waals surface area contributed by atoms with Crippen molar-refractivity contribution in [2.75, 3.05) is 17.2 Å². The Morgan fingerprint density at radius 2 is 1.48 bits per heavy atom. The second kappa shape index (κ2) is 9.23. The molecule has 2 aromatic carbocycles. The van der Waals surface area contributed by atoms with Gasteiger partial charge >= 0.3 is 6.09 Å². The fraction of sp³-hybridized carbons (Fsp3) is 0.318. The van der Waals surface area contributed by atoms with E-state index in [2.05, 4.69) is 16.0 Å². The van der Waals surface area contributed by atoms with Crippen LogP contribution in [0.5, 0.6) is 0 Å². The van der Waals surface area contributed by atoms with E-state index in [0.29, 0.717) is 11.3 Å². The molecule has 0 aromatic heterocycles. The molecule has 0 aliphatic rings. The molecule has 0 spiro atoms. The van der Waals surface area contributed by atoms with Crippen LogP contribution >= 0.6 is 0 Å². The van der Waals surface area contributed by atoms with E-state index in [1.807, 2.05) is 32.0 Å². The summed E-state index contributed by atoms with van der Waals surface area (Å²) >= 11 is 0. The number of para-hydroxylation sites is 1. The van der Waals surface area contributed by atoms with Crippen LogP contribution in [0, 0.1) is 13.8 Å². The van der Waals surface area contributed by atoms with Crippen LogP contribution in [-0.2, 0) is 9.53 Å². The number of benzene rings is 2. The second-order valence-electron chi connectivity index (χ2n) is 7.70. The van der Waals surface area contributed by atoms with Gasteiger partial charge in [-0.2, -0.15) is 0 Å². The molecule has 0 aliphatic carbocycles. The van der Waals surface area contributed by atoms with Crippen molar-refractivity contribution in [1.29, 1.82) is 0 Å². The standard InChI is InChI=1S/C22H27N3O4/c1-14-7-6-8-15(2)19(14)25-18(26)13-23-20(27)16-9-11-17(12-10-16)24-21(28)29-22(3,4)5/h6-12H,13H2,1-5H3,(H,23,27)(H,24,28)(H,25,26). The van der Waals surface area contributed by atoms with Crippen molar-refractivity contribution in [3.63, 3.8) is 0 Å². The molecule has 0 unspecified atom stereocenters. The number of hydrogen-bond acceptors (Lipinski definition) is 4. The predicted octanol–water partition coefficient (Wildman–Crippen LogP) is 4.02. The average molecular weight is 397 g/mol. The number of carbonyl (C=O) groups excluding carboxylic acids is 3. The minimum Gasteiger partial charge on any atom is -0.444 e. The van der Waals surface area contributed by atoms with Gasteiger partial charge in [0.15, 0.2) is 0 Å². The molecule has 2 rings (SSSR count). The summed E-state index contributed by atoms with van der Waals surface area (Å²) in [5.41, 5.74) is 2.95. The Bertz CT molecular complexity index is 879. The van der Waals surface area contributed by atoms with E-state index in [4.69, 9.17) is 4.74 Å². The van der Waals surface area contributed by atoms with Gasteiger partial charge in [-0.25, -0.2) is 4.79 Å². The van der Waals surface area contributed by atoms with Gasteiger partial charge < -0.3 is 15.4 Å². The van der Waals surface area contributed by atoms with Gasteiger partial charge in [0.05, 0.1) is 6.54 Å². The first-order valence-electron chi connectivity index (χ1n) is 9.29. The van der Waals surface area contributed by atoms with Crippen molar-refractivity contribution in [2.24, 2.45) is 0 Å². The molecule has 0 aliphatic heterocycles. The lowest BCUT2D eigenvalue weighted by Crippen LogP contribution is -2.33. The molecule has 7 heteroatoms. The first-order chi connectivity index (χ1) is 13.5. The Morgan fingerprint density at radius 3 is 2.03 bits per heavy atom. The third-order valence-corrected chi connectivity index (χ3v) is 3.95. The molecular weight excluding hydrogens is 370 g/mol. The lowest BCUT2D eigenvalue weighted by Gasteiger charge is -2.19. The zero-order valence-corrected chi connectivity index (χ0v) is 17.4. The zero-order valence-electron chi connectivity index (χ0n) is 17.4. The van der Waals surface area contributed by atoms with E-state index in [0.717, 1.165) is 16.8 Å². The van der Waals surface area contributed by atoms with E-state index in [1.54, 1.807) is 45.0 Å². The summed E-state index contributed by atoms with van der Waals surface area (Å²) in [6.07, 6.45) is -0.571. The van der Waals surface area contributed by atoms with E-state index >= 15 is 0 Å². The van der Waals surface area contributed by atoms with Gasteiger partial charge in [0.2, 0.25) is 5.91 Å². The number of ether oxygens (including phenoxy) is 1. The number of carbonyl (C=O) groups is 3.